The number of carbonyl (C=O) groups is 1. The molecule has 0 bridgehead atoms. The number of rotatable bonds is 5. The fourth-order valence-electron chi connectivity index (χ4n) is 3.24. The lowest BCUT2D eigenvalue weighted by Crippen LogP contribution is -2.33. The molecule has 3 heterocycles. The number of aliphatic hydroxyl groups excluding tert-OH is 3. The molecule has 0 saturated carbocycles. The molecule has 11 heteroatoms. The van der Waals surface area contributed by atoms with E-state index >= 15 is 0 Å². The summed E-state index contributed by atoms with van der Waals surface area (Å²) in [6.07, 6.45) is -3.43. The third-order valence-corrected chi connectivity index (χ3v) is 4.69. The highest BCUT2D eigenvalue weighted by molar-refractivity contribution is 5.91. The number of nitrogens with zero attached hydrogens (tertiary/aromatic N) is 3. The first-order valence-corrected chi connectivity index (χ1v) is 8.91. The lowest BCUT2D eigenvalue weighted by atomic mass is 10.1. The van der Waals surface area contributed by atoms with Gasteiger partial charge >= 0.3 is 0 Å². The highest BCUT2D eigenvalue weighted by atomic mass is 16.6. The van der Waals surface area contributed by atoms with Crippen LogP contribution in [-0.4, -0.2) is 65.7 Å². The Morgan fingerprint density at radius 3 is 2.69 bits per heavy atom. The van der Waals surface area contributed by atoms with Gasteiger partial charge < -0.3 is 20.1 Å². The predicted molar refractivity (Wildman–Crippen MR) is 99.9 cm³/mol. The average Bonchev–Trinajstić information content (AvgIpc) is 3.24. The molecular formula is C18H19N5O6. The minimum Gasteiger partial charge on any atom is -0.394 e. The molecule has 11 nitrogen and oxygen atoms in total. The van der Waals surface area contributed by atoms with Crippen molar-refractivity contribution >= 4 is 23.0 Å². The van der Waals surface area contributed by atoms with Gasteiger partial charge in [0.25, 0.3) is 5.56 Å². The van der Waals surface area contributed by atoms with Gasteiger partial charge in [0.2, 0.25) is 11.9 Å². The molecule has 0 spiro atoms. The van der Waals surface area contributed by atoms with Crippen molar-refractivity contribution in [2.75, 3.05) is 11.9 Å². The summed E-state index contributed by atoms with van der Waals surface area (Å²) in [5, 5.41) is 32.0. The Morgan fingerprint density at radius 1 is 1.24 bits per heavy atom. The largest absolute Gasteiger partial charge is 0.394 e. The van der Waals surface area contributed by atoms with Gasteiger partial charge in [0.05, 0.1) is 19.4 Å². The molecule has 1 aliphatic rings. The first-order chi connectivity index (χ1) is 14.0. The summed E-state index contributed by atoms with van der Waals surface area (Å²) < 4.78 is 6.74. The van der Waals surface area contributed by atoms with Crippen LogP contribution in [0.4, 0.5) is 5.95 Å². The normalized spacial score (nSPS) is 24.1. The maximum Gasteiger partial charge on any atom is 0.280 e. The monoisotopic (exact) mass is 401 g/mol. The third kappa shape index (κ3) is 3.63. The van der Waals surface area contributed by atoms with Gasteiger partial charge in [0.1, 0.15) is 18.3 Å². The van der Waals surface area contributed by atoms with Crippen LogP contribution in [0.3, 0.4) is 0 Å². The Bertz CT molecular complexity index is 1080. The molecule has 1 saturated heterocycles. The number of hydrogen-bond donors (Lipinski definition) is 5. The van der Waals surface area contributed by atoms with E-state index in [1.54, 1.807) is 12.1 Å². The van der Waals surface area contributed by atoms with Crippen molar-refractivity contribution in [2.24, 2.45) is 0 Å². The van der Waals surface area contributed by atoms with E-state index in [9.17, 15) is 24.9 Å². The zero-order chi connectivity index (χ0) is 20.5. The number of aromatic nitrogens is 4. The molecular weight excluding hydrogens is 382 g/mol. The number of nitrogens with one attached hydrogen (secondary N) is 2. The quantitative estimate of drug-likeness (QED) is 0.360. The van der Waals surface area contributed by atoms with Crippen LogP contribution in [0, 0.1) is 0 Å². The van der Waals surface area contributed by atoms with E-state index in [0.29, 0.717) is 0 Å². The standard InChI is InChI=1S/C18H19N5O6/c24-7-10-13(26)14(27)17(29-10)23-8-19-12-15(23)21-18(22-16(12)28)20-11(25)6-9-4-2-1-3-5-9/h1-5,8,10,13-14,17,24,26-27H,6-7H2,(H2,20,21,22,25,28)/t10-,13+,14+,17+/m0/s1. The van der Waals surface area contributed by atoms with E-state index in [1.165, 1.54) is 10.9 Å². The topological polar surface area (TPSA) is 163 Å². The van der Waals surface area contributed by atoms with Crippen LogP contribution in [0.2, 0.25) is 0 Å². The maximum atomic E-state index is 12.3. The Labute approximate surface area is 163 Å². The number of carbonyl (C=O) groups excluding carboxylic acids is 1. The van der Waals surface area contributed by atoms with Crippen LogP contribution < -0.4 is 10.9 Å². The molecule has 1 aromatic carbocycles. The lowest BCUT2D eigenvalue weighted by Gasteiger charge is -2.16. The van der Waals surface area contributed by atoms with Crippen LogP contribution >= 0.6 is 0 Å². The van der Waals surface area contributed by atoms with Gasteiger partial charge in [0.15, 0.2) is 17.4 Å². The van der Waals surface area contributed by atoms with Crippen molar-refractivity contribution in [3.8, 4) is 0 Å². The van der Waals surface area contributed by atoms with Gasteiger partial charge in [-0.3, -0.25) is 24.5 Å². The number of benzene rings is 1. The number of aliphatic hydroxyl groups is 3. The second kappa shape index (κ2) is 7.72. The summed E-state index contributed by atoms with van der Waals surface area (Å²) in [6.45, 7) is -0.490. The maximum absolute atomic E-state index is 12.3. The summed E-state index contributed by atoms with van der Waals surface area (Å²) in [5.41, 5.74) is 0.239. The number of imidazole rings is 1. The molecule has 1 amide bonds. The summed E-state index contributed by atoms with van der Waals surface area (Å²) in [4.78, 5) is 35.2. The summed E-state index contributed by atoms with van der Waals surface area (Å²) in [5.74, 6) is -0.463. The number of ether oxygens (including phenoxy) is 1. The van der Waals surface area contributed by atoms with Crippen molar-refractivity contribution < 1.29 is 24.9 Å². The van der Waals surface area contributed by atoms with Crippen LogP contribution in [0.1, 0.15) is 11.8 Å². The minimum absolute atomic E-state index is 0.0243. The molecule has 0 unspecified atom stereocenters. The van der Waals surface area contributed by atoms with Gasteiger partial charge in [-0.25, -0.2) is 4.98 Å². The van der Waals surface area contributed by atoms with E-state index in [4.69, 9.17) is 4.74 Å². The van der Waals surface area contributed by atoms with E-state index in [1.807, 2.05) is 18.2 Å². The van der Waals surface area contributed by atoms with Crippen molar-refractivity contribution in [3.63, 3.8) is 0 Å². The highest BCUT2D eigenvalue weighted by Gasteiger charge is 2.44. The van der Waals surface area contributed by atoms with Crippen LogP contribution in [0.15, 0.2) is 41.5 Å². The van der Waals surface area contributed by atoms with Crippen molar-refractivity contribution in [1.82, 2.24) is 19.5 Å². The SMILES string of the molecule is O=C(Cc1ccccc1)Nc1nc2c(ncn2[C@@H]2O[C@@H](CO)[C@@H](O)[C@H]2O)c(=O)[nH]1. The van der Waals surface area contributed by atoms with Gasteiger partial charge in [-0.15, -0.1) is 0 Å². The Hall–Kier alpha value is -3.12. The van der Waals surface area contributed by atoms with Crippen molar-refractivity contribution in [2.45, 2.75) is 31.0 Å². The molecule has 152 valence electrons. The van der Waals surface area contributed by atoms with Crippen LogP contribution in [0.5, 0.6) is 0 Å². The lowest BCUT2D eigenvalue weighted by molar-refractivity contribution is -0.115. The van der Waals surface area contributed by atoms with Crippen LogP contribution in [0.25, 0.3) is 11.2 Å². The molecule has 4 rings (SSSR count). The average molecular weight is 401 g/mol. The molecule has 29 heavy (non-hydrogen) atoms. The van der Waals surface area contributed by atoms with Crippen LogP contribution in [-0.2, 0) is 16.0 Å². The molecule has 0 aliphatic carbocycles. The predicted octanol–water partition coefficient (Wildman–Crippen LogP) is -1.09. The Balaban J connectivity index is 1.62. The number of aromatic amines is 1. The minimum atomic E-state index is -1.36. The molecule has 1 fully saturated rings. The van der Waals surface area contributed by atoms with E-state index in [2.05, 4.69) is 20.3 Å². The van der Waals surface area contributed by atoms with Crippen molar-refractivity contribution in [1.29, 1.82) is 0 Å². The van der Waals surface area contributed by atoms with E-state index in [0.717, 1.165) is 5.56 Å². The fourth-order valence-corrected chi connectivity index (χ4v) is 3.24. The molecule has 0 radical (unpaired) electrons. The second-order valence-electron chi connectivity index (χ2n) is 6.68. The zero-order valence-corrected chi connectivity index (χ0v) is 15.1. The molecule has 4 atom stereocenters. The van der Waals surface area contributed by atoms with Gasteiger partial charge in [-0.05, 0) is 5.56 Å². The van der Waals surface area contributed by atoms with Gasteiger partial charge in [0, 0.05) is 0 Å². The first-order valence-electron chi connectivity index (χ1n) is 8.91. The van der Waals surface area contributed by atoms with E-state index < -0.39 is 36.7 Å². The smallest absolute Gasteiger partial charge is 0.280 e. The molecule has 2 aromatic heterocycles. The highest BCUT2D eigenvalue weighted by Crippen LogP contribution is 2.30. The Morgan fingerprint density at radius 2 is 2.00 bits per heavy atom. The molecule has 1 aliphatic heterocycles. The number of fused-ring (bicyclic) bond motifs is 1. The van der Waals surface area contributed by atoms with Gasteiger partial charge in [-0.1, -0.05) is 30.3 Å². The fraction of sp³-hybridized carbons (Fsp3) is 0.333. The molecule has 3 aromatic rings. The second-order valence-corrected chi connectivity index (χ2v) is 6.68. The summed E-state index contributed by atoms with van der Waals surface area (Å²) in [7, 11) is 0. The van der Waals surface area contributed by atoms with Crippen molar-refractivity contribution in [3.05, 3.63) is 52.6 Å². The summed E-state index contributed by atoms with van der Waals surface area (Å²) >= 11 is 0. The number of amides is 1. The third-order valence-electron chi connectivity index (χ3n) is 4.69. The number of H-pyrrole nitrogens is 1. The molecule has 5 N–H and O–H groups in total. The summed E-state index contributed by atoms with van der Waals surface area (Å²) in [6, 6.07) is 9.07. The Kier molecular flexibility index (Phi) is 5.11. The zero-order valence-electron chi connectivity index (χ0n) is 15.1. The van der Waals surface area contributed by atoms with Gasteiger partial charge in [-0.2, -0.15) is 4.98 Å². The first kappa shape index (κ1) is 19.2. The van der Waals surface area contributed by atoms with E-state index in [-0.39, 0.29) is 29.4 Å². The number of anilines is 1. The number of hydrogen-bond acceptors (Lipinski definition) is 8.